The average molecular weight is 420 g/mol. The predicted octanol–water partition coefficient (Wildman–Crippen LogP) is 1.57. The van der Waals surface area contributed by atoms with Crippen LogP contribution >= 0.6 is 0 Å². The number of hydrogen-bond donors (Lipinski definition) is 3. The van der Waals surface area contributed by atoms with Gasteiger partial charge in [0.05, 0.1) is 6.04 Å². The van der Waals surface area contributed by atoms with Gasteiger partial charge in [-0.05, 0) is 32.4 Å². The molecule has 166 valence electrons. The second-order valence-corrected chi connectivity index (χ2v) is 7.41. The van der Waals surface area contributed by atoms with Crippen molar-refractivity contribution in [1.82, 2.24) is 20.9 Å². The quantitative estimate of drug-likeness (QED) is 0.560. The van der Waals surface area contributed by atoms with Crippen LogP contribution < -0.4 is 20.9 Å². The Hall–Kier alpha value is -2.68. The molecule has 3 amide bonds. The van der Waals surface area contributed by atoms with Gasteiger partial charge >= 0.3 is 6.09 Å². The summed E-state index contributed by atoms with van der Waals surface area (Å²) >= 11 is 0. The smallest absolute Gasteiger partial charge is 0.409 e. The van der Waals surface area contributed by atoms with Gasteiger partial charge in [0, 0.05) is 24.7 Å². The lowest BCUT2D eigenvalue weighted by atomic mass is 9.97. The molecule has 0 spiro atoms. The summed E-state index contributed by atoms with van der Waals surface area (Å²) in [5, 5.41) is 8.45. The van der Waals surface area contributed by atoms with Crippen molar-refractivity contribution < 1.29 is 19.1 Å². The number of carbonyl (C=O) groups is 3. The van der Waals surface area contributed by atoms with Crippen LogP contribution in [-0.4, -0.2) is 54.8 Å². The van der Waals surface area contributed by atoms with E-state index in [1.54, 1.807) is 26.2 Å². The maximum absolute atomic E-state index is 13.6. The van der Waals surface area contributed by atoms with E-state index in [0.717, 1.165) is 5.56 Å². The Morgan fingerprint density at radius 1 is 1.27 bits per heavy atom. The van der Waals surface area contributed by atoms with Crippen LogP contribution in [0.3, 0.4) is 0 Å². The van der Waals surface area contributed by atoms with Crippen molar-refractivity contribution in [3.05, 3.63) is 23.9 Å². The molecule has 0 aromatic carbocycles. The Bertz CT molecular complexity index is 753. The summed E-state index contributed by atoms with van der Waals surface area (Å²) in [5.74, 6) is -0.232. The standard InChI is InChI=1S/C21H33N5O4/c1-6-13(4)17(25-19(27)15(7-2)22-5)20(28)26-16(30-21(29)23-8-3)12-14-10-9-11-24-18(14)26/h9-11,13,15-17,22H,6-8,12H2,1-5H3,(H,23,29)(H,25,27)/t13-,15-,16+,17-/m0/s1. The molecule has 2 rings (SSSR count). The third-order valence-electron chi connectivity index (χ3n) is 5.43. The van der Waals surface area contributed by atoms with Crippen LogP contribution in [0, 0.1) is 5.92 Å². The number of anilines is 1. The zero-order valence-electron chi connectivity index (χ0n) is 18.4. The third-order valence-corrected chi connectivity index (χ3v) is 5.43. The maximum Gasteiger partial charge on any atom is 0.409 e. The first-order valence-electron chi connectivity index (χ1n) is 10.6. The van der Waals surface area contributed by atoms with E-state index in [2.05, 4.69) is 20.9 Å². The summed E-state index contributed by atoms with van der Waals surface area (Å²) in [7, 11) is 1.71. The van der Waals surface area contributed by atoms with E-state index in [0.29, 0.717) is 31.6 Å². The molecule has 9 nitrogen and oxygen atoms in total. The van der Waals surface area contributed by atoms with Gasteiger partial charge in [0.1, 0.15) is 11.9 Å². The highest BCUT2D eigenvalue weighted by molar-refractivity contribution is 6.01. The first-order valence-corrected chi connectivity index (χ1v) is 10.6. The number of likely N-dealkylation sites (N-methyl/N-ethyl adjacent to an activating group) is 1. The van der Waals surface area contributed by atoms with Crippen molar-refractivity contribution in [2.45, 2.75) is 65.3 Å². The molecule has 1 aliphatic heterocycles. The van der Waals surface area contributed by atoms with Gasteiger partial charge in [-0.2, -0.15) is 0 Å². The summed E-state index contributed by atoms with van der Waals surface area (Å²) in [4.78, 5) is 44.1. The van der Waals surface area contributed by atoms with Crippen molar-refractivity contribution in [3.8, 4) is 0 Å². The number of hydrogen-bond acceptors (Lipinski definition) is 6. The van der Waals surface area contributed by atoms with Crippen LogP contribution in [0.25, 0.3) is 0 Å². The van der Waals surface area contributed by atoms with E-state index in [1.807, 2.05) is 26.8 Å². The first-order chi connectivity index (χ1) is 14.4. The van der Waals surface area contributed by atoms with Crippen molar-refractivity contribution in [2.75, 3.05) is 18.5 Å². The Morgan fingerprint density at radius 3 is 2.60 bits per heavy atom. The molecule has 0 saturated carbocycles. The molecule has 4 atom stereocenters. The highest BCUT2D eigenvalue weighted by Crippen LogP contribution is 2.32. The fourth-order valence-electron chi connectivity index (χ4n) is 3.48. The number of pyridine rings is 1. The molecule has 0 bridgehead atoms. The Balaban J connectivity index is 2.34. The molecule has 0 radical (unpaired) electrons. The normalized spacial score (nSPS) is 18.2. The summed E-state index contributed by atoms with van der Waals surface area (Å²) in [6, 6.07) is 2.48. The highest BCUT2D eigenvalue weighted by Gasteiger charge is 2.42. The number of carbonyl (C=O) groups excluding carboxylic acids is 3. The second-order valence-electron chi connectivity index (χ2n) is 7.41. The van der Waals surface area contributed by atoms with E-state index in [9.17, 15) is 14.4 Å². The lowest BCUT2D eigenvalue weighted by molar-refractivity contribution is -0.130. The van der Waals surface area contributed by atoms with Gasteiger partial charge in [-0.25, -0.2) is 9.78 Å². The number of ether oxygens (including phenoxy) is 1. The van der Waals surface area contributed by atoms with E-state index in [1.165, 1.54) is 4.90 Å². The minimum absolute atomic E-state index is 0.117. The number of fused-ring (bicyclic) bond motifs is 1. The molecule has 1 aromatic rings. The topological polar surface area (TPSA) is 113 Å². The predicted molar refractivity (Wildman–Crippen MR) is 114 cm³/mol. The molecule has 1 aliphatic rings. The molecular weight excluding hydrogens is 386 g/mol. The van der Waals surface area contributed by atoms with Gasteiger partial charge in [-0.15, -0.1) is 0 Å². The molecule has 0 fully saturated rings. The van der Waals surface area contributed by atoms with Crippen LogP contribution in [0.1, 0.15) is 46.1 Å². The summed E-state index contributed by atoms with van der Waals surface area (Å²) in [6.07, 6.45) is 1.82. The lowest BCUT2D eigenvalue weighted by Crippen LogP contribution is -2.57. The Morgan fingerprint density at radius 2 is 2.00 bits per heavy atom. The van der Waals surface area contributed by atoms with E-state index < -0.39 is 24.4 Å². The third kappa shape index (κ3) is 5.27. The fourth-order valence-corrected chi connectivity index (χ4v) is 3.48. The molecule has 2 heterocycles. The van der Waals surface area contributed by atoms with Crippen LogP contribution in [0.5, 0.6) is 0 Å². The SMILES string of the molecule is CCNC(=O)O[C@@H]1Cc2cccnc2N1C(=O)[C@@H](NC(=O)[C@H](CC)NC)[C@@H](C)CC. The minimum atomic E-state index is -0.816. The number of amides is 3. The molecule has 3 N–H and O–H groups in total. The highest BCUT2D eigenvalue weighted by atomic mass is 16.6. The largest absolute Gasteiger partial charge is 0.425 e. The molecule has 1 aromatic heterocycles. The summed E-state index contributed by atoms with van der Waals surface area (Å²) < 4.78 is 5.52. The summed E-state index contributed by atoms with van der Waals surface area (Å²) in [6.45, 7) is 7.98. The second kappa shape index (κ2) is 10.9. The van der Waals surface area contributed by atoms with Crippen molar-refractivity contribution in [3.63, 3.8) is 0 Å². The van der Waals surface area contributed by atoms with Crippen LogP contribution in [0.2, 0.25) is 0 Å². The van der Waals surface area contributed by atoms with Gasteiger partial charge in [0.25, 0.3) is 5.91 Å². The number of rotatable bonds is 9. The molecule has 9 heteroatoms. The van der Waals surface area contributed by atoms with Crippen molar-refractivity contribution in [2.24, 2.45) is 5.92 Å². The molecule has 30 heavy (non-hydrogen) atoms. The number of alkyl carbamates (subject to hydrolysis) is 1. The zero-order valence-corrected chi connectivity index (χ0v) is 18.4. The molecule has 0 unspecified atom stereocenters. The fraction of sp³-hybridized carbons (Fsp3) is 0.619. The lowest BCUT2D eigenvalue weighted by Gasteiger charge is -2.32. The number of nitrogens with one attached hydrogen (secondary N) is 3. The summed E-state index contributed by atoms with van der Waals surface area (Å²) in [5.41, 5.74) is 0.816. The van der Waals surface area contributed by atoms with Crippen molar-refractivity contribution in [1.29, 1.82) is 0 Å². The number of nitrogens with zero attached hydrogens (tertiary/aromatic N) is 2. The zero-order chi connectivity index (χ0) is 22.3. The van der Waals surface area contributed by atoms with E-state index in [4.69, 9.17) is 4.74 Å². The molecule has 0 saturated heterocycles. The van der Waals surface area contributed by atoms with Gasteiger partial charge in [0.15, 0.2) is 6.23 Å². The monoisotopic (exact) mass is 419 g/mol. The van der Waals surface area contributed by atoms with E-state index in [-0.39, 0.29) is 17.7 Å². The van der Waals surface area contributed by atoms with Crippen LogP contribution in [0.4, 0.5) is 10.6 Å². The average Bonchev–Trinajstić information content (AvgIpc) is 3.09. The Labute approximate surface area is 177 Å². The van der Waals surface area contributed by atoms with Gasteiger partial charge in [0.2, 0.25) is 5.91 Å². The molecular formula is C21H33N5O4. The maximum atomic E-state index is 13.6. The first kappa shape index (κ1) is 23.6. The Kier molecular flexibility index (Phi) is 8.58. The van der Waals surface area contributed by atoms with Crippen molar-refractivity contribution >= 4 is 23.7 Å². The van der Waals surface area contributed by atoms with E-state index >= 15 is 0 Å². The van der Waals surface area contributed by atoms with Gasteiger partial charge in [-0.3, -0.25) is 14.5 Å². The van der Waals surface area contributed by atoms with Gasteiger partial charge in [-0.1, -0.05) is 33.3 Å². The van der Waals surface area contributed by atoms with Crippen LogP contribution in [-0.2, 0) is 20.7 Å². The number of aromatic nitrogens is 1. The van der Waals surface area contributed by atoms with Gasteiger partial charge < -0.3 is 20.7 Å². The molecule has 0 aliphatic carbocycles. The van der Waals surface area contributed by atoms with Crippen LogP contribution in [0.15, 0.2) is 18.3 Å². The minimum Gasteiger partial charge on any atom is -0.425 e.